The van der Waals surface area contributed by atoms with Gasteiger partial charge in [0.2, 0.25) is 5.82 Å². The third-order valence-corrected chi connectivity index (χ3v) is 4.83. The molecule has 0 aliphatic rings. The minimum absolute atomic E-state index is 0.300. The Balaban J connectivity index is 1.36. The second-order valence-corrected chi connectivity index (χ2v) is 7.04. The number of benzene rings is 2. The highest BCUT2D eigenvalue weighted by atomic mass is 35.5. The van der Waals surface area contributed by atoms with Crippen LogP contribution >= 0.6 is 11.6 Å². The van der Waals surface area contributed by atoms with Crippen LogP contribution in [-0.2, 0) is 6.42 Å². The van der Waals surface area contributed by atoms with Gasteiger partial charge < -0.3 is 19.3 Å². The molecule has 0 saturated carbocycles. The SMILES string of the molecule is COc1ccc(CCNc2ccc(-c3nc(-c4ccc(Cl)cc4)no3)nn2)cc1OC. The van der Waals surface area contributed by atoms with Gasteiger partial charge in [0.15, 0.2) is 17.2 Å². The van der Waals surface area contributed by atoms with Gasteiger partial charge in [-0.2, -0.15) is 4.98 Å². The summed E-state index contributed by atoms with van der Waals surface area (Å²) in [7, 11) is 3.24. The van der Waals surface area contributed by atoms with Crippen molar-refractivity contribution in [2.45, 2.75) is 6.42 Å². The fraction of sp³-hybridized carbons (Fsp3) is 0.182. The molecule has 0 atom stereocenters. The molecular formula is C22H20ClN5O3. The first kappa shape index (κ1) is 20.6. The third kappa shape index (κ3) is 4.92. The van der Waals surface area contributed by atoms with E-state index in [0.29, 0.717) is 46.3 Å². The maximum atomic E-state index is 5.91. The van der Waals surface area contributed by atoms with Crippen LogP contribution in [0, 0.1) is 0 Å². The van der Waals surface area contributed by atoms with Crippen LogP contribution in [0.15, 0.2) is 59.1 Å². The molecule has 2 heterocycles. The van der Waals surface area contributed by atoms with E-state index < -0.39 is 0 Å². The van der Waals surface area contributed by atoms with E-state index >= 15 is 0 Å². The molecule has 0 spiro atoms. The predicted molar refractivity (Wildman–Crippen MR) is 118 cm³/mol. The number of rotatable bonds is 8. The van der Waals surface area contributed by atoms with E-state index in [0.717, 1.165) is 17.5 Å². The molecule has 4 rings (SSSR count). The number of anilines is 1. The third-order valence-electron chi connectivity index (χ3n) is 4.58. The van der Waals surface area contributed by atoms with Crippen LogP contribution in [0.4, 0.5) is 5.82 Å². The summed E-state index contributed by atoms with van der Waals surface area (Å²) in [6, 6.07) is 16.7. The number of aromatic nitrogens is 4. The van der Waals surface area contributed by atoms with Crippen molar-refractivity contribution < 1.29 is 14.0 Å². The van der Waals surface area contributed by atoms with Crippen LogP contribution in [-0.4, -0.2) is 41.1 Å². The Morgan fingerprint density at radius 2 is 1.74 bits per heavy atom. The number of nitrogens with one attached hydrogen (secondary N) is 1. The van der Waals surface area contributed by atoms with Crippen LogP contribution < -0.4 is 14.8 Å². The van der Waals surface area contributed by atoms with Crippen LogP contribution in [0.5, 0.6) is 11.5 Å². The number of hydrogen-bond donors (Lipinski definition) is 1. The average molecular weight is 438 g/mol. The Morgan fingerprint density at radius 3 is 2.45 bits per heavy atom. The molecule has 2 aromatic carbocycles. The second kappa shape index (κ2) is 9.44. The summed E-state index contributed by atoms with van der Waals surface area (Å²) in [5.74, 6) is 2.84. The van der Waals surface area contributed by atoms with Gasteiger partial charge in [-0.25, -0.2) is 0 Å². The molecule has 4 aromatic rings. The van der Waals surface area contributed by atoms with Crippen molar-refractivity contribution in [1.82, 2.24) is 20.3 Å². The highest BCUT2D eigenvalue weighted by Gasteiger charge is 2.12. The van der Waals surface area contributed by atoms with Gasteiger partial charge in [0.05, 0.1) is 14.2 Å². The van der Waals surface area contributed by atoms with Gasteiger partial charge >= 0.3 is 0 Å². The molecular weight excluding hydrogens is 418 g/mol. The van der Waals surface area contributed by atoms with Crippen molar-refractivity contribution in [2.75, 3.05) is 26.1 Å². The zero-order chi connectivity index (χ0) is 21.6. The molecule has 0 unspecified atom stereocenters. The van der Waals surface area contributed by atoms with E-state index in [1.807, 2.05) is 36.4 Å². The maximum Gasteiger partial charge on any atom is 0.278 e. The highest BCUT2D eigenvalue weighted by molar-refractivity contribution is 6.30. The van der Waals surface area contributed by atoms with E-state index in [1.54, 1.807) is 32.4 Å². The van der Waals surface area contributed by atoms with Gasteiger partial charge in [0.25, 0.3) is 5.89 Å². The highest BCUT2D eigenvalue weighted by Crippen LogP contribution is 2.27. The maximum absolute atomic E-state index is 5.91. The van der Waals surface area contributed by atoms with Gasteiger partial charge in [-0.1, -0.05) is 22.8 Å². The van der Waals surface area contributed by atoms with Crippen molar-refractivity contribution >= 4 is 17.4 Å². The molecule has 2 aromatic heterocycles. The molecule has 8 nitrogen and oxygen atoms in total. The lowest BCUT2D eigenvalue weighted by Crippen LogP contribution is -2.07. The Hall–Kier alpha value is -3.65. The first-order valence-electron chi connectivity index (χ1n) is 9.55. The standard InChI is InChI=1S/C22H20ClN5O3/c1-29-18-9-3-14(13-19(18)30-2)11-12-24-20-10-8-17(26-27-20)22-25-21(28-31-22)15-4-6-16(23)7-5-15/h3-10,13H,11-12H2,1-2H3,(H,24,27). The quantitative estimate of drug-likeness (QED) is 0.430. The Kier molecular flexibility index (Phi) is 6.28. The fourth-order valence-electron chi connectivity index (χ4n) is 2.96. The second-order valence-electron chi connectivity index (χ2n) is 6.60. The van der Waals surface area contributed by atoms with Crippen LogP contribution in [0.1, 0.15) is 5.56 Å². The lowest BCUT2D eigenvalue weighted by atomic mass is 10.1. The van der Waals surface area contributed by atoms with Gasteiger partial charge in [-0.15, -0.1) is 10.2 Å². The molecule has 0 bridgehead atoms. The number of nitrogens with zero attached hydrogens (tertiary/aromatic N) is 4. The Morgan fingerprint density at radius 1 is 0.935 bits per heavy atom. The van der Waals surface area contributed by atoms with Crippen molar-refractivity contribution in [3.63, 3.8) is 0 Å². The summed E-state index contributed by atoms with van der Waals surface area (Å²) in [5.41, 5.74) is 2.43. The average Bonchev–Trinajstić information content (AvgIpc) is 3.30. The van der Waals surface area contributed by atoms with E-state index in [2.05, 4.69) is 25.7 Å². The van der Waals surface area contributed by atoms with E-state index in [9.17, 15) is 0 Å². The molecule has 0 saturated heterocycles. The van der Waals surface area contributed by atoms with Crippen molar-refractivity contribution in [1.29, 1.82) is 0 Å². The largest absolute Gasteiger partial charge is 0.493 e. The first-order valence-corrected chi connectivity index (χ1v) is 9.92. The molecule has 0 aliphatic carbocycles. The van der Waals surface area contributed by atoms with Gasteiger partial charge in [-0.3, -0.25) is 0 Å². The Bertz CT molecular complexity index is 1150. The fourth-order valence-corrected chi connectivity index (χ4v) is 3.08. The number of ether oxygens (including phenoxy) is 2. The number of methoxy groups -OCH3 is 2. The zero-order valence-electron chi connectivity index (χ0n) is 17.0. The lowest BCUT2D eigenvalue weighted by molar-refractivity contribution is 0.354. The minimum Gasteiger partial charge on any atom is -0.493 e. The summed E-state index contributed by atoms with van der Waals surface area (Å²) in [6.45, 7) is 0.685. The minimum atomic E-state index is 0.300. The monoisotopic (exact) mass is 437 g/mol. The van der Waals surface area contributed by atoms with Crippen molar-refractivity contribution in [3.8, 4) is 34.5 Å². The summed E-state index contributed by atoms with van der Waals surface area (Å²) in [4.78, 5) is 4.38. The summed E-state index contributed by atoms with van der Waals surface area (Å²) >= 11 is 5.91. The molecule has 9 heteroatoms. The molecule has 158 valence electrons. The molecule has 0 radical (unpaired) electrons. The van der Waals surface area contributed by atoms with E-state index in [4.69, 9.17) is 25.6 Å². The first-order chi connectivity index (χ1) is 15.2. The molecule has 1 N–H and O–H groups in total. The van der Waals surface area contributed by atoms with Crippen LogP contribution in [0.2, 0.25) is 5.02 Å². The summed E-state index contributed by atoms with van der Waals surface area (Å²) in [6.07, 6.45) is 0.790. The predicted octanol–water partition coefficient (Wildman–Crippen LogP) is 4.52. The molecule has 31 heavy (non-hydrogen) atoms. The lowest BCUT2D eigenvalue weighted by Gasteiger charge is -2.10. The molecule has 0 fully saturated rings. The van der Waals surface area contributed by atoms with Crippen molar-refractivity contribution in [2.24, 2.45) is 0 Å². The number of hydrogen-bond acceptors (Lipinski definition) is 8. The van der Waals surface area contributed by atoms with Crippen LogP contribution in [0.3, 0.4) is 0 Å². The zero-order valence-corrected chi connectivity index (χ0v) is 17.8. The van der Waals surface area contributed by atoms with Gasteiger partial charge in [0.1, 0.15) is 5.82 Å². The topological polar surface area (TPSA) is 95.2 Å². The molecule has 0 aliphatic heterocycles. The summed E-state index contributed by atoms with van der Waals surface area (Å²) < 4.78 is 15.9. The normalized spacial score (nSPS) is 10.7. The number of halogens is 1. The van der Waals surface area contributed by atoms with Gasteiger partial charge in [-0.05, 0) is 60.5 Å². The Labute approximate surface area is 184 Å². The smallest absolute Gasteiger partial charge is 0.278 e. The van der Waals surface area contributed by atoms with Crippen LogP contribution in [0.25, 0.3) is 23.0 Å². The van der Waals surface area contributed by atoms with E-state index in [1.165, 1.54) is 0 Å². The molecule has 0 amide bonds. The van der Waals surface area contributed by atoms with E-state index in [-0.39, 0.29) is 0 Å². The van der Waals surface area contributed by atoms with Crippen molar-refractivity contribution in [3.05, 3.63) is 65.2 Å². The van der Waals surface area contributed by atoms with Gasteiger partial charge in [0, 0.05) is 17.1 Å². The summed E-state index contributed by atoms with van der Waals surface area (Å²) in [5, 5.41) is 16.3.